The van der Waals surface area contributed by atoms with Crippen LogP contribution in [0.25, 0.3) is 0 Å². The van der Waals surface area contributed by atoms with Crippen LogP contribution in [0.5, 0.6) is 5.75 Å². The summed E-state index contributed by atoms with van der Waals surface area (Å²) in [6.07, 6.45) is -0.577. The van der Waals surface area contributed by atoms with Gasteiger partial charge in [0.05, 0.1) is 19.8 Å². The first-order chi connectivity index (χ1) is 9.62. The summed E-state index contributed by atoms with van der Waals surface area (Å²) in [6, 6.07) is 4.74. The van der Waals surface area contributed by atoms with Crippen molar-refractivity contribution in [2.75, 3.05) is 25.1 Å². The zero-order chi connectivity index (χ0) is 15.0. The molecule has 0 spiro atoms. The number of carbonyl (C=O) groups excluding carboxylic acids is 2. The van der Waals surface area contributed by atoms with Gasteiger partial charge in [0.2, 0.25) is 0 Å². The maximum absolute atomic E-state index is 11.9. The van der Waals surface area contributed by atoms with E-state index in [0.717, 1.165) is 0 Å². The van der Waals surface area contributed by atoms with Gasteiger partial charge in [0.25, 0.3) is 0 Å². The first-order valence-electron chi connectivity index (χ1n) is 6.50. The summed E-state index contributed by atoms with van der Waals surface area (Å²) in [6.45, 7) is 6.21. The monoisotopic (exact) mass is 281 g/mol. The molecule has 1 aromatic carbocycles. The van der Waals surface area contributed by atoms with Gasteiger partial charge in [0.1, 0.15) is 11.3 Å². The van der Waals surface area contributed by atoms with Gasteiger partial charge in [-0.1, -0.05) is 0 Å². The van der Waals surface area contributed by atoms with Gasteiger partial charge in [-0.15, -0.1) is 0 Å². The van der Waals surface area contributed by atoms with Crippen molar-refractivity contribution in [3.63, 3.8) is 0 Å². The molecule has 0 aliphatic rings. The third-order valence-electron chi connectivity index (χ3n) is 2.30. The molecule has 1 rings (SSSR count). The fourth-order valence-electron chi connectivity index (χ4n) is 1.54. The molecular weight excluding hydrogens is 262 g/mol. The van der Waals surface area contributed by atoms with Gasteiger partial charge in [0, 0.05) is 5.69 Å². The van der Waals surface area contributed by atoms with Crippen LogP contribution in [0.4, 0.5) is 10.5 Å². The molecule has 1 aromatic rings. The summed E-state index contributed by atoms with van der Waals surface area (Å²) < 4.78 is 15.1. The highest BCUT2D eigenvalue weighted by Crippen LogP contribution is 2.24. The Morgan fingerprint density at radius 3 is 2.35 bits per heavy atom. The molecule has 0 unspecified atom stereocenters. The molecule has 110 valence electrons. The van der Waals surface area contributed by atoms with E-state index in [2.05, 4.69) is 5.32 Å². The normalized spacial score (nSPS) is 9.75. The number of hydrogen-bond acceptors (Lipinski definition) is 5. The van der Waals surface area contributed by atoms with Gasteiger partial charge in [-0.05, 0) is 39.0 Å². The van der Waals surface area contributed by atoms with Gasteiger partial charge >= 0.3 is 12.1 Å². The number of hydrogen-bond donors (Lipinski definition) is 1. The first kappa shape index (κ1) is 15.8. The fourth-order valence-corrected chi connectivity index (χ4v) is 1.54. The molecule has 0 bridgehead atoms. The molecule has 0 radical (unpaired) electrons. The molecule has 0 heterocycles. The van der Waals surface area contributed by atoms with Gasteiger partial charge < -0.3 is 14.2 Å². The molecule has 0 aliphatic carbocycles. The highest BCUT2D eigenvalue weighted by atomic mass is 16.5. The van der Waals surface area contributed by atoms with Crippen LogP contribution in [0.2, 0.25) is 0 Å². The maximum Gasteiger partial charge on any atom is 0.411 e. The van der Waals surface area contributed by atoms with E-state index in [0.29, 0.717) is 18.0 Å². The zero-order valence-corrected chi connectivity index (χ0v) is 11.9. The molecule has 6 nitrogen and oxygen atoms in total. The number of ether oxygens (including phenoxy) is 3. The molecule has 0 fully saturated rings. The van der Waals surface area contributed by atoms with Crippen molar-refractivity contribution in [3.05, 3.63) is 23.8 Å². The van der Waals surface area contributed by atoms with E-state index in [9.17, 15) is 9.59 Å². The Morgan fingerprint density at radius 1 is 1.05 bits per heavy atom. The van der Waals surface area contributed by atoms with Crippen LogP contribution in [0.3, 0.4) is 0 Å². The average Bonchev–Trinajstić information content (AvgIpc) is 2.41. The molecule has 0 saturated carbocycles. The van der Waals surface area contributed by atoms with Crippen LogP contribution in [-0.4, -0.2) is 31.9 Å². The molecule has 1 N–H and O–H groups in total. The van der Waals surface area contributed by atoms with E-state index in [1.165, 1.54) is 6.07 Å². The Kier molecular flexibility index (Phi) is 6.36. The maximum atomic E-state index is 11.9. The van der Waals surface area contributed by atoms with Crippen molar-refractivity contribution in [2.24, 2.45) is 0 Å². The fraction of sp³-hybridized carbons (Fsp3) is 0.429. The lowest BCUT2D eigenvalue weighted by Gasteiger charge is -2.12. The second-order valence-electron chi connectivity index (χ2n) is 3.71. The summed E-state index contributed by atoms with van der Waals surface area (Å²) in [4.78, 5) is 23.2. The topological polar surface area (TPSA) is 73.9 Å². The molecule has 0 aliphatic heterocycles. The van der Waals surface area contributed by atoms with Crippen molar-refractivity contribution < 1.29 is 23.8 Å². The lowest BCUT2D eigenvalue weighted by Crippen LogP contribution is -2.14. The SMILES string of the molecule is CCOC(=O)Nc1ccc(OCC)c(C(=O)OCC)c1. The third-order valence-corrected chi connectivity index (χ3v) is 2.30. The third kappa shape index (κ3) is 4.46. The number of rotatable bonds is 6. The van der Waals surface area contributed by atoms with Gasteiger partial charge in [-0.25, -0.2) is 9.59 Å². The van der Waals surface area contributed by atoms with Gasteiger partial charge in [0.15, 0.2) is 0 Å². The highest BCUT2D eigenvalue weighted by molar-refractivity contribution is 5.95. The van der Waals surface area contributed by atoms with Crippen LogP contribution in [0, 0.1) is 0 Å². The smallest absolute Gasteiger partial charge is 0.411 e. The predicted octanol–water partition coefficient (Wildman–Crippen LogP) is 2.83. The van der Waals surface area contributed by atoms with Gasteiger partial charge in [-0.3, -0.25) is 5.32 Å². The summed E-state index contributed by atoms with van der Waals surface area (Å²) >= 11 is 0. The minimum absolute atomic E-state index is 0.264. The molecule has 0 saturated heterocycles. The van der Waals surface area contributed by atoms with Crippen LogP contribution in [0.15, 0.2) is 18.2 Å². The number of nitrogens with one attached hydrogen (secondary N) is 1. The van der Waals surface area contributed by atoms with Crippen LogP contribution in [-0.2, 0) is 9.47 Å². The van der Waals surface area contributed by atoms with E-state index in [-0.39, 0.29) is 18.8 Å². The van der Waals surface area contributed by atoms with E-state index in [1.807, 2.05) is 6.92 Å². The van der Waals surface area contributed by atoms with Crippen molar-refractivity contribution in [1.82, 2.24) is 0 Å². The standard InChI is InChI=1S/C14H19NO5/c1-4-18-12-8-7-10(15-14(17)20-6-3)9-11(12)13(16)19-5-2/h7-9H,4-6H2,1-3H3,(H,15,17). The number of benzene rings is 1. The Balaban J connectivity index is 2.97. The summed E-state index contributed by atoms with van der Waals surface area (Å²) in [7, 11) is 0. The molecule has 0 aromatic heterocycles. The highest BCUT2D eigenvalue weighted by Gasteiger charge is 2.15. The summed E-state index contributed by atoms with van der Waals surface area (Å²) in [5.74, 6) is -0.0798. The molecular formula is C14H19NO5. The Morgan fingerprint density at radius 2 is 1.75 bits per heavy atom. The van der Waals surface area contributed by atoms with Crippen molar-refractivity contribution >= 4 is 17.7 Å². The molecule has 20 heavy (non-hydrogen) atoms. The quantitative estimate of drug-likeness (QED) is 0.812. The van der Waals surface area contributed by atoms with Crippen LogP contribution >= 0.6 is 0 Å². The Labute approximate surface area is 118 Å². The molecule has 0 atom stereocenters. The van der Waals surface area contributed by atoms with Crippen LogP contribution in [0.1, 0.15) is 31.1 Å². The van der Waals surface area contributed by atoms with Crippen molar-refractivity contribution in [1.29, 1.82) is 0 Å². The predicted molar refractivity (Wildman–Crippen MR) is 74.2 cm³/mol. The minimum atomic E-state index is -0.577. The number of anilines is 1. The number of amides is 1. The minimum Gasteiger partial charge on any atom is -0.493 e. The first-order valence-corrected chi connectivity index (χ1v) is 6.50. The molecule has 6 heteroatoms. The summed E-state index contributed by atoms with van der Waals surface area (Å²) in [5, 5.41) is 2.53. The Hall–Kier alpha value is -2.24. The van der Waals surface area contributed by atoms with E-state index < -0.39 is 12.1 Å². The van der Waals surface area contributed by atoms with E-state index >= 15 is 0 Å². The Bertz CT molecular complexity index is 473. The van der Waals surface area contributed by atoms with E-state index in [4.69, 9.17) is 14.2 Å². The zero-order valence-electron chi connectivity index (χ0n) is 11.9. The number of carbonyl (C=O) groups is 2. The van der Waals surface area contributed by atoms with Crippen molar-refractivity contribution in [2.45, 2.75) is 20.8 Å². The average molecular weight is 281 g/mol. The lowest BCUT2D eigenvalue weighted by molar-refractivity contribution is 0.0522. The van der Waals surface area contributed by atoms with Crippen LogP contribution < -0.4 is 10.1 Å². The lowest BCUT2D eigenvalue weighted by atomic mass is 10.1. The second-order valence-corrected chi connectivity index (χ2v) is 3.71. The molecule has 1 amide bonds. The largest absolute Gasteiger partial charge is 0.493 e. The number of esters is 1. The second kappa shape index (κ2) is 8.04. The summed E-state index contributed by atoms with van der Waals surface area (Å²) in [5.41, 5.74) is 0.706. The van der Waals surface area contributed by atoms with Crippen molar-refractivity contribution in [3.8, 4) is 5.75 Å². The van der Waals surface area contributed by atoms with E-state index in [1.54, 1.807) is 26.0 Å². The van der Waals surface area contributed by atoms with Gasteiger partial charge in [-0.2, -0.15) is 0 Å².